The Morgan fingerprint density at radius 2 is 1.71 bits per heavy atom. The van der Waals surface area contributed by atoms with Crippen LogP contribution in [0.15, 0.2) is 48.5 Å². The van der Waals surface area contributed by atoms with Crippen LogP contribution >= 0.6 is 11.6 Å². The van der Waals surface area contributed by atoms with Gasteiger partial charge in [-0.2, -0.15) is 0 Å². The van der Waals surface area contributed by atoms with E-state index in [0.29, 0.717) is 5.92 Å². The van der Waals surface area contributed by atoms with Crippen LogP contribution in [0.1, 0.15) is 23.6 Å². The molecular weight excluding hydrogens is 372 g/mol. The number of piperazine rings is 1. The number of amides is 1. The number of carbonyl (C=O) groups excluding carboxylic acids is 1. The Morgan fingerprint density at radius 1 is 0.964 bits per heavy atom. The molecule has 3 aliphatic rings. The van der Waals surface area contributed by atoms with Crippen molar-refractivity contribution in [3.63, 3.8) is 0 Å². The molecule has 0 bridgehead atoms. The molecule has 2 aliphatic heterocycles. The number of aryl methyl sites for hydroxylation is 1. The van der Waals surface area contributed by atoms with Crippen molar-refractivity contribution in [2.75, 3.05) is 31.1 Å². The van der Waals surface area contributed by atoms with E-state index in [1.54, 1.807) is 0 Å². The van der Waals surface area contributed by atoms with Gasteiger partial charge in [0.2, 0.25) is 5.91 Å². The monoisotopic (exact) mass is 396 g/mol. The highest BCUT2D eigenvalue weighted by molar-refractivity contribution is 6.30. The smallest absolute Gasteiger partial charge is 0.241 e. The number of hydrogen-bond acceptors (Lipinski definition) is 4. The summed E-state index contributed by atoms with van der Waals surface area (Å²) in [7, 11) is 0. The molecule has 2 heterocycles. The van der Waals surface area contributed by atoms with Crippen LogP contribution in [0.3, 0.4) is 0 Å². The van der Waals surface area contributed by atoms with Crippen LogP contribution < -0.4 is 15.8 Å². The summed E-state index contributed by atoms with van der Waals surface area (Å²) in [4.78, 5) is 17.6. The van der Waals surface area contributed by atoms with E-state index < -0.39 is 0 Å². The van der Waals surface area contributed by atoms with Crippen molar-refractivity contribution in [3.05, 3.63) is 64.7 Å². The maximum Gasteiger partial charge on any atom is 0.241 e. The molecule has 6 heteroatoms. The second kappa shape index (κ2) is 7.39. The standard InChI is InChI=1S/C22H25ClN4O/c23-16-6-8-17(9-7-16)26-11-13-27(14-12-26)22(28)21-19-10-5-15-3-1-2-4-18(15)20(19)24-25-21/h1-4,6-9,19-21,24-25H,5,10-14H2. The molecular formula is C22H25ClN4O. The first-order valence-electron chi connectivity index (χ1n) is 10.1. The molecule has 0 radical (unpaired) electrons. The number of hydrogen-bond donors (Lipinski definition) is 2. The summed E-state index contributed by atoms with van der Waals surface area (Å²) in [6, 6.07) is 16.6. The Labute approximate surface area is 170 Å². The van der Waals surface area contributed by atoms with Crippen molar-refractivity contribution in [2.24, 2.45) is 5.92 Å². The summed E-state index contributed by atoms with van der Waals surface area (Å²) in [6.07, 6.45) is 2.09. The lowest BCUT2D eigenvalue weighted by molar-refractivity contribution is -0.134. The Bertz CT molecular complexity index is 863. The lowest BCUT2D eigenvalue weighted by Crippen LogP contribution is -2.55. The van der Waals surface area contributed by atoms with Gasteiger partial charge in [-0.15, -0.1) is 0 Å². The maximum atomic E-state index is 13.2. The highest BCUT2D eigenvalue weighted by Crippen LogP contribution is 2.39. The summed E-state index contributed by atoms with van der Waals surface area (Å²) < 4.78 is 0. The van der Waals surface area contributed by atoms with E-state index in [4.69, 9.17) is 11.6 Å². The van der Waals surface area contributed by atoms with Gasteiger partial charge in [0, 0.05) is 42.8 Å². The van der Waals surface area contributed by atoms with E-state index >= 15 is 0 Å². The molecule has 28 heavy (non-hydrogen) atoms. The largest absolute Gasteiger partial charge is 0.368 e. The fourth-order valence-corrected chi connectivity index (χ4v) is 5.02. The molecule has 2 N–H and O–H groups in total. The fraction of sp³-hybridized carbons (Fsp3) is 0.409. The Morgan fingerprint density at radius 3 is 2.50 bits per heavy atom. The molecule has 0 saturated carbocycles. The zero-order valence-electron chi connectivity index (χ0n) is 15.8. The number of rotatable bonds is 2. The molecule has 5 rings (SSSR count). The number of anilines is 1. The maximum absolute atomic E-state index is 13.2. The van der Waals surface area contributed by atoms with Crippen LogP contribution in [0.5, 0.6) is 0 Å². The van der Waals surface area contributed by atoms with E-state index in [2.05, 4.69) is 40.0 Å². The Kier molecular flexibility index (Phi) is 4.75. The number of hydrazine groups is 1. The van der Waals surface area contributed by atoms with Gasteiger partial charge in [-0.1, -0.05) is 35.9 Å². The minimum Gasteiger partial charge on any atom is -0.368 e. The number of nitrogens with one attached hydrogen (secondary N) is 2. The van der Waals surface area contributed by atoms with Crippen LogP contribution in [-0.4, -0.2) is 43.0 Å². The van der Waals surface area contributed by atoms with Crippen molar-refractivity contribution >= 4 is 23.2 Å². The molecule has 0 spiro atoms. The first-order valence-corrected chi connectivity index (χ1v) is 10.5. The van der Waals surface area contributed by atoms with Crippen molar-refractivity contribution in [3.8, 4) is 0 Å². The Balaban J connectivity index is 1.24. The van der Waals surface area contributed by atoms with Gasteiger partial charge in [0.25, 0.3) is 0 Å². The first-order chi connectivity index (χ1) is 13.7. The zero-order valence-corrected chi connectivity index (χ0v) is 16.5. The quantitative estimate of drug-likeness (QED) is 0.819. The third-order valence-electron chi connectivity index (χ3n) is 6.44. The van der Waals surface area contributed by atoms with E-state index in [-0.39, 0.29) is 18.0 Å². The summed E-state index contributed by atoms with van der Waals surface area (Å²) in [5.74, 6) is 0.548. The van der Waals surface area contributed by atoms with Crippen LogP contribution in [0.4, 0.5) is 5.69 Å². The average Bonchev–Trinajstić information content (AvgIpc) is 3.18. The van der Waals surface area contributed by atoms with Crippen molar-refractivity contribution in [1.29, 1.82) is 0 Å². The van der Waals surface area contributed by atoms with Crippen molar-refractivity contribution in [2.45, 2.75) is 24.9 Å². The van der Waals surface area contributed by atoms with Gasteiger partial charge in [-0.25, -0.2) is 10.9 Å². The third kappa shape index (κ3) is 3.17. The SMILES string of the molecule is O=C(C1NNC2c3ccccc3CCC12)N1CCN(c2ccc(Cl)cc2)CC1. The van der Waals surface area contributed by atoms with Gasteiger partial charge in [-0.3, -0.25) is 4.79 Å². The van der Waals surface area contributed by atoms with E-state index in [9.17, 15) is 4.79 Å². The lowest BCUT2D eigenvalue weighted by Gasteiger charge is -2.38. The predicted molar refractivity (Wildman–Crippen MR) is 111 cm³/mol. The molecule has 2 aromatic carbocycles. The number of carbonyl (C=O) groups is 1. The minimum absolute atomic E-state index is 0.138. The molecule has 2 fully saturated rings. The number of fused-ring (bicyclic) bond motifs is 3. The molecule has 146 valence electrons. The van der Waals surface area contributed by atoms with E-state index in [1.165, 1.54) is 16.8 Å². The highest BCUT2D eigenvalue weighted by Gasteiger charge is 2.44. The summed E-state index contributed by atoms with van der Waals surface area (Å²) in [6.45, 7) is 3.22. The molecule has 3 atom stereocenters. The lowest BCUT2D eigenvalue weighted by atomic mass is 9.77. The normalized spacial score (nSPS) is 26.7. The summed E-state index contributed by atoms with van der Waals surface area (Å²) in [5, 5.41) is 0.751. The van der Waals surface area contributed by atoms with E-state index in [0.717, 1.165) is 44.0 Å². The van der Waals surface area contributed by atoms with Gasteiger partial charge in [-0.05, 0) is 48.2 Å². The van der Waals surface area contributed by atoms with Crippen LogP contribution in [-0.2, 0) is 11.2 Å². The van der Waals surface area contributed by atoms with Crippen molar-refractivity contribution < 1.29 is 4.79 Å². The Hall–Kier alpha value is -2.08. The molecule has 1 amide bonds. The van der Waals surface area contributed by atoms with Gasteiger partial charge < -0.3 is 9.80 Å². The topological polar surface area (TPSA) is 47.6 Å². The molecule has 2 aromatic rings. The summed E-state index contributed by atoms with van der Waals surface area (Å²) >= 11 is 5.99. The molecule has 0 aromatic heterocycles. The van der Waals surface area contributed by atoms with Gasteiger partial charge in [0.15, 0.2) is 0 Å². The average molecular weight is 397 g/mol. The number of benzene rings is 2. The van der Waals surface area contributed by atoms with Crippen molar-refractivity contribution in [1.82, 2.24) is 15.8 Å². The highest BCUT2D eigenvalue weighted by atomic mass is 35.5. The molecule has 2 saturated heterocycles. The van der Waals surface area contributed by atoms with Crippen LogP contribution in [0.2, 0.25) is 5.02 Å². The third-order valence-corrected chi connectivity index (χ3v) is 6.69. The van der Waals surface area contributed by atoms with Gasteiger partial charge >= 0.3 is 0 Å². The van der Waals surface area contributed by atoms with Crippen LogP contribution in [0.25, 0.3) is 0 Å². The minimum atomic E-state index is -0.138. The molecule has 3 unspecified atom stereocenters. The van der Waals surface area contributed by atoms with E-state index in [1.807, 2.05) is 29.2 Å². The zero-order chi connectivity index (χ0) is 19.1. The van der Waals surface area contributed by atoms with Crippen LogP contribution in [0, 0.1) is 5.92 Å². The second-order valence-corrected chi connectivity index (χ2v) is 8.37. The van der Waals surface area contributed by atoms with Gasteiger partial charge in [0.1, 0.15) is 6.04 Å². The predicted octanol–water partition coefficient (Wildman–Crippen LogP) is 2.77. The first kappa shape index (κ1) is 18.0. The fourth-order valence-electron chi connectivity index (χ4n) is 4.89. The van der Waals surface area contributed by atoms with Gasteiger partial charge in [0.05, 0.1) is 6.04 Å². The summed E-state index contributed by atoms with van der Waals surface area (Å²) in [5.41, 5.74) is 10.6. The number of nitrogens with zero attached hydrogens (tertiary/aromatic N) is 2. The second-order valence-electron chi connectivity index (χ2n) is 7.93. The molecule has 5 nitrogen and oxygen atoms in total. The molecule has 1 aliphatic carbocycles. The number of halogens is 1.